The molecule has 1 aromatic rings. The molecule has 0 radical (unpaired) electrons. The largest absolute Gasteiger partial charge is 0.327 e. The fourth-order valence-electron chi connectivity index (χ4n) is 2.10. The van der Waals surface area contributed by atoms with E-state index in [1.54, 1.807) is 16.9 Å². The van der Waals surface area contributed by atoms with Crippen LogP contribution in [-0.2, 0) is 6.42 Å². The molecule has 1 aliphatic rings. The van der Waals surface area contributed by atoms with Crippen LogP contribution in [0.15, 0.2) is 23.4 Å². The van der Waals surface area contributed by atoms with E-state index in [0.29, 0.717) is 0 Å². The molecule has 0 saturated carbocycles. The first-order valence-corrected chi connectivity index (χ1v) is 6.53. The van der Waals surface area contributed by atoms with E-state index >= 15 is 0 Å². The molecule has 0 fully saturated rings. The molecule has 0 aliphatic heterocycles. The molecule has 0 aromatic carbocycles. The first-order chi connectivity index (χ1) is 7.34. The summed E-state index contributed by atoms with van der Waals surface area (Å²) < 4.78 is 0. The van der Waals surface area contributed by atoms with Crippen molar-refractivity contribution in [2.75, 3.05) is 0 Å². The van der Waals surface area contributed by atoms with Crippen molar-refractivity contribution in [1.82, 2.24) is 4.98 Å². The van der Waals surface area contributed by atoms with E-state index < -0.39 is 0 Å². The highest BCUT2D eigenvalue weighted by atomic mass is 32.1. The maximum absolute atomic E-state index is 6.13. The molecule has 2 nitrogen and oxygen atoms in total. The Balaban J connectivity index is 1.81. The van der Waals surface area contributed by atoms with Gasteiger partial charge in [0.2, 0.25) is 0 Å². The van der Waals surface area contributed by atoms with Gasteiger partial charge in [-0.15, -0.1) is 11.3 Å². The monoisotopic (exact) mass is 222 g/mol. The number of rotatable bonds is 4. The van der Waals surface area contributed by atoms with Gasteiger partial charge in [0.25, 0.3) is 0 Å². The molecule has 1 heterocycles. The maximum Gasteiger partial charge on any atom is 0.0794 e. The van der Waals surface area contributed by atoms with Crippen LogP contribution < -0.4 is 5.73 Å². The lowest BCUT2D eigenvalue weighted by Gasteiger charge is -2.16. The number of aromatic nitrogens is 1. The first kappa shape index (κ1) is 10.8. The fraction of sp³-hybridized carbons (Fsp3) is 0.583. The Labute approximate surface area is 95.2 Å². The van der Waals surface area contributed by atoms with Gasteiger partial charge in [-0.2, -0.15) is 0 Å². The molecule has 2 N–H and O–H groups in total. The number of hydrogen-bond acceptors (Lipinski definition) is 3. The van der Waals surface area contributed by atoms with Crippen LogP contribution in [0.25, 0.3) is 0 Å². The third-order valence-electron chi connectivity index (χ3n) is 2.86. The van der Waals surface area contributed by atoms with Crippen molar-refractivity contribution in [3.63, 3.8) is 0 Å². The Morgan fingerprint density at radius 1 is 1.40 bits per heavy atom. The number of hydrogen-bond donors (Lipinski definition) is 1. The standard InChI is InChI=1S/C12H18N2S/c13-11(7-12-8-14-9-15-12)6-10-4-2-1-3-5-10/h4,8-9,11H,1-3,5-7,13H2. The Kier molecular flexibility index (Phi) is 3.92. The number of thiazole rings is 1. The molecule has 1 atom stereocenters. The van der Waals surface area contributed by atoms with Crippen LogP contribution in [0.1, 0.15) is 37.0 Å². The van der Waals surface area contributed by atoms with Crippen molar-refractivity contribution in [1.29, 1.82) is 0 Å². The van der Waals surface area contributed by atoms with Crippen LogP contribution in [0.4, 0.5) is 0 Å². The lowest BCUT2D eigenvalue weighted by Crippen LogP contribution is -2.23. The van der Waals surface area contributed by atoms with Gasteiger partial charge in [-0.3, -0.25) is 4.98 Å². The zero-order valence-electron chi connectivity index (χ0n) is 8.98. The van der Waals surface area contributed by atoms with Crippen LogP contribution in [0.5, 0.6) is 0 Å². The number of allylic oxidation sites excluding steroid dienone is 1. The number of nitrogens with two attached hydrogens (primary N) is 1. The van der Waals surface area contributed by atoms with E-state index in [4.69, 9.17) is 5.73 Å². The Morgan fingerprint density at radius 2 is 2.33 bits per heavy atom. The predicted octanol–water partition coefficient (Wildman–Crippen LogP) is 2.90. The zero-order chi connectivity index (χ0) is 10.5. The minimum absolute atomic E-state index is 0.273. The van der Waals surface area contributed by atoms with Gasteiger partial charge in [0, 0.05) is 17.1 Å². The van der Waals surface area contributed by atoms with Crippen molar-refractivity contribution in [3.8, 4) is 0 Å². The van der Waals surface area contributed by atoms with Gasteiger partial charge in [0.1, 0.15) is 0 Å². The second-order valence-electron chi connectivity index (χ2n) is 4.24. The van der Waals surface area contributed by atoms with Gasteiger partial charge in [0.05, 0.1) is 5.51 Å². The van der Waals surface area contributed by atoms with Crippen LogP contribution >= 0.6 is 11.3 Å². The molecular weight excluding hydrogens is 204 g/mol. The molecule has 0 saturated heterocycles. The summed E-state index contributed by atoms with van der Waals surface area (Å²) in [6.07, 6.45) is 11.6. The summed E-state index contributed by atoms with van der Waals surface area (Å²) in [4.78, 5) is 5.37. The highest BCUT2D eigenvalue weighted by Gasteiger charge is 2.10. The normalized spacial score (nSPS) is 18.6. The van der Waals surface area contributed by atoms with E-state index in [1.807, 2.05) is 11.7 Å². The molecule has 82 valence electrons. The minimum atomic E-state index is 0.273. The SMILES string of the molecule is NC(CC1=CCCCC1)Cc1cncs1. The minimum Gasteiger partial charge on any atom is -0.327 e. The zero-order valence-corrected chi connectivity index (χ0v) is 9.80. The predicted molar refractivity (Wildman–Crippen MR) is 65.0 cm³/mol. The molecule has 1 aliphatic carbocycles. The molecule has 3 heteroatoms. The fourth-order valence-corrected chi connectivity index (χ4v) is 2.79. The third kappa shape index (κ3) is 3.43. The summed E-state index contributed by atoms with van der Waals surface area (Å²) in [5, 5.41) is 0. The van der Waals surface area contributed by atoms with Crippen molar-refractivity contribution in [2.24, 2.45) is 5.73 Å². The van der Waals surface area contributed by atoms with Crippen molar-refractivity contribution in [3.05, 3.63) is 28.2 Å². The second kappa shape index (κ2) is 5.42. The van der Waals surface area contributed by atoms with Gasteiger partial charge in [-0.05, 0) is 38.5 Å². The van der Waals surface area contributed by atoms with E-state index in [1.165, 1.54) is 30.6 Å². The van der Waals surface area contributed by atoms with Gasteiger partial charge in [-0.25, -0.2) is 0 Å². The van der Waals surface area contributed by atoms with E-state index in [-0.39, 0.29) is 6.04 Å². The quantitative estimate of drug-likeness (QED) is 0.796. The van der Waals surface area contributed by atoms with Crippen LogP contribution in [0.3, 0.4) is 0 Å². The average Bonchev–Trinajstić information content (AvgIpc) is 2.71. The molecule has 0 amide bonds. The summed E-state index contributed by atoms with van der Waals surface area (Å²) >= 11 is 1.70. The van der Waals surface area contributed by atoms with Crippen molar-refractivity contribution in [2.45, 2.75) is 44.6 Å². The van der Waals surface area contributed by atoms with Gasteiger partial charge in [-0.1, -0.05) is 11.6 Å². The highest BCUT2D eigenvalue weighted by Crippen LogP contribution is 2.22. The van der Waals surface area contributed by atoms with E-state index in [0.717, 1.165) is 12.8 Å². The summed E-state index contributed by atoms with van der Waals surface area (Å²) in [5.74, 6) is 0. The molecule has 2 rings (SSSR count). The van der Waals surface area contributed by atoms with Crippen molar-refractivity contribution >= 4 is 11.3 Å². The smallest absolute Gasteiger partial charge is 0.0794 e. The lowest BCUT2D eigenvalue weighted by molar-refractivity contribution is 0.608. The molecular formula is C12H18N2S. The molecule has 1 aromatic heterocycles. The number of nitrogens with zero attached hydrogens (tertiary/aromatic N) is 1. The topological polar surface area (TPSA) is 38.9 Å². The summed E-state index contributed by atoms with van der Waals surface area (Å²) in [7, 11) is 0. The summed E-state index contributed by atoms with van der Waals surface area (Å²) in [5.41, 5.74) is 9.58. The Morgan fingerprint density at radius 3 is 3.00 bits per heavy atom. The lowest BCUT2D eigenvalue weighted by atomic mass is 9.93. The highest BCUT2D eigenvalue weighted by molar-refractivity contribution is 7.09. The van der Waals surface area contributed by atoms with Gasteiger partial charge in [0.15, 0.2) is 0 Å². The Bertz CT molecular complexity index is 316. The van der Waals surface area contributed by atoms with E-state index in [9.17, 15) is 0 Å². The molecule has 0 bridgehead atoms. The summed E-state index contributed by atoms with van der Waals surface area (Å²) in [6.45, 7) is 0. The van der Waals surface area contributed by atoms with E-state index in [2.05, 4.69) is 11.1 Å². The van der Waals surface area contributed by atoms with Crippen LogP contribution in [-0.4, -0.2) is 11.0 Å². The maximum atomic E-state index is 6.13. The van der Waals surface area contributed by atoms with Crippen LogP contribution in [0, 0.1) is 0 Å². The second-order valence-corrected chi connectivity index (χ2v) is 5.22. The first-order valence-electron chi connectivity index (χ1n) is 5.65. The van der Waals surface area contributed by atoms with Gasteiger partial charge < -0.3 is 5.73 Å². The van der Waals surface area contributed by atoms with Crippen LogP contribution in [0.2, 0.25) is 0 Å². The summed E-state index contributed by atoms with van der Waals surface area (Å²) in [6, 6.07) is 0.273. The Hall–Kier alpha value is -0.670. The molecule has 1 unspecified atom stereocenters. The third-order valence-corrected chi connectivity index (χ3v) is 3.66. The average molecular weight is 222 g/mol. The van der Waals surface area contributed by atoms with Gasteiger partial charge >= 0.3 is 0 Å². The van der Waals surface area contributed by atoms with Crippen molar-refractivity contribution < 1.29 is 0 Å². The molecule has 15 heavy (non-hydrogen) atoms. The molecule has 0 spiro atoms.